The lowest BCUT2D eigenvalue weighted by atomic mass is 10.0. The Balaban J connectivity index is 0.00000338. The number of hydrogen-bond donors (Lipinski definition) is 3. The fraction of sp³-hybridized carbons (Fsp3) is 0.450. The Morgan fingerprint density at radius 2 is 1.67 bits per heavy atom. The van der Waals surface area contributed by atoms with Crippen LogP contribution >= 0.6 is 24.8 Å². The minimum atomic E-state index is -0.777. The van der Waals surface area contributed by atoms with Gasteiger partial charge in [0.1, 0.15) is 11.9 Å². The van der Waals surface area contributed by atoms with Crippen LogP contribution in [-0.4, -0.2) is 43.9 Å². The van der Waals surface area contributed by atoms with E-state index in [9.17, 15) is 10.2 Å². The van der Waals surface area contributed by atoms with E-state index in [1.165, 1.54) is 11.6 Å². The lowest BCUT2D eigenvalue weighted by molar-refractivity contribution is 0.0502. The number of pyridine rings is 1. The number of aliphatic hydroxyl groups excluding tert-OH is 2. The largest absolute Gasteiger partial charge is 0.506 e. The zero-order valence-electron chi connectivity index (χ0n) is 16.0. The van der Waals surface area contributed by atoms with E-state index in [2.05, 4.69) is 42.8 Å². The van der Waals surface area contributed by atoms with Crippen LogP contribution in [0, 0.1) is 0 Å². The van der Waals surface area contributed by atoms with Crippen molar-refractivity contribution in [2.45, 2.75) is 45.4 Å². The molecule has 1 unspecified atom stereocenters. The predicted molar refractivity (Wildman–Crippen MR) is 113 cm³/mol. The van der Waals surface area contributed by atoms with Gasteiger partial charge in [-0.1, -0.05) is 30.3 Å². The summed E-state index contributed by atoms with van der Waals surface area (Å²) in [6.07, 6.45) is -0.514. The first-order valence-electron chi connectivity index (χ1n) is 8.58. The minimum Gasteiger partial charge on any atom is -0.506 e. The van der Waals surface area contributed by atoms with Crippen LogP contribution < -0.4 is 0 Å². The molecule has 5 nitrogen and oxygen atoms in total. The predicted octanol–water partition coefficient (Wildman–Crippen LogP) is 3.50. The fourth-order valence-corrected chi connectivity index (χ4v) is 2.67. The van der Waals surface area contributed by atoms with E-state index in [0.717, 1.165) is 6.54 Å². The number of aliphatic hydroxyl groups is 2. The van der Waals surface area contributed by atoms with Gasteiger partial charge in [0.15, 0.2) is 0 Å². The number of β-amino-alcohol motifs (C(OH)–C–C–N with tert-alkyl or cyclic N) is 1. The SMILES string of the molecule is CC(C)(C)N(Cc1ccccc1)CC(O)c1ccc(O)c(CCO)n1.Cl.Cl. The molecule has 0 fully saturated rings. The highest BCUT2D eigenvalue weighted by Gasteiger charge is 2.25. The normalized spacial score (nSPS) is 12.2. The molecular weight excluding hydrogens is 387 g/mol. The maximum absolute atomic E-state index is 10.7. The molecule has 0 bridgehead atoms. The maximum atomic E-state index is 10.7. The van der Waals surface area contributed by atoms with Crippen LogP contribution in [0.3, 0.4) is 0 Å². The summed E-state index contributed by atoms with van der Waals surface area (Å²) in [4.78, 5) is 6.52. The van der Waals surface area contributed by atoms with Crippen LogP contribution in [-0.2, 0) is 13.0 Å². The maximum Gasteiger partial charge on any atom is 0.137 e. The summed E-state index contributed by atoms with van der Waals surface area (Å²) in [5.74, 6) is 0.0435. The summed E-state index contributed by atoms with van der Waals surface area (Å²) >= 11 is 0. The number of aromatic hydroxyl groups is 1. The van der Waals surface area contributed by atoms with E-state index in [-0.39, 0.29) is 49.1 Å². The average molecular weight is 417 g/mol. The minimum absolute atomic E-state index is 0. The van der Waals surface area contributed by atoms with Gasteiger partial charge in [-0.15, -0.1) is 24.8 Å². The molecule has 152 valence electrons. The molecule has 2 aromatic rings. The number of aromatic nitrogens is 1. The molecule has 1 atom stereocenters. The molecule has 0 aliphatic rings. The molecule has 2 rings (SSSR count). The first kappa shape index (κ1) is 25.6. The van der Waals surface area contributed by atoms with Crippen molar-refractivity contribution in [3.05, 3.63) is 59.4 Å². The van der Waals surface area contributed by atoms with Gasteiger partial charge in [0, 0.05) is 31.7 Å². The van der Waals surface area contributed by atoms with E-state index in [1.807, 2.05) is 18.2 Å². The number of nitrogens with zero attached hydrogens (tertiary/aromatic N) is 2. The molecule has 1 aromatic heterocycles. The van der Waals surface area contributed by atoms with Gasteiger partial charge in [-0.05, 0) is 38.5 Å². The summed E-state index contributed by atoms with van der Waals surface area (Å²) in [6.45, 7) is 7.40. The molecule has 7 heteroatoms. The molecule has 0 saturated heterocycles. The van der Waals surface area contributed by atoms with Crippen molar-refractivity contribution in [3.63, 3.8) is 0 Å². The van der Waals surface area contributed by atoms with Crippen molar-refractivity contribution in [3.8, 4) is 5.75 Å². The third-order valence-corrected chi connectivity index (χ3v) is 4.22. The molecular formula is C20H30Cl2N2O3. The van der Waals surface area contributed by atoms with Gasteiger partial charge in [-0.3, -0.25) is 9.88 Å². The molecule has 0 aliphatic heterocycles. The topological polar surface area (TPSA) is 76.8 Å². The number of rotatable bonds is 7. The molecule has 0 saturated carbocycles. The van der Waals surface area contributed by atoms with Crippen molar-refractivity contribution in [2.75, 3.05) is 13.2 Å². The van der Waals surface area contributed by atoms with Crippen molar-refractivity contribution in [2.24, 2.45) is 0 Å². The fourth-order valence-electron chi connectivity index (χ4n) is 2.67. The summed E-state index contributed by atoms with van der Waals surface area (Å²) in [5.41, 5.74) is 1.97. The third-order valence-electron chi connectivity index (χ3n) is 4.22. The second kappa shape index (κ2) is 11.5. The first-order chi connectivity index (χ1) is 11.8. The van der Waals surface area contributed by atoms with E-state index in [4.69, 9.17) is 5.11 Å². The highest BCUT2D eigenvalue weighted by Crippen LogP contribution is 2.24. The Morgan fingerprint density at radius 3 is 2.22 bits per heavy atom. The third kappa shape index (κ3) is 7.64. The Kier molecular flexibility index (Phi) is 10.9. The Labute approximate surface area is 173 Å². The average Bonchev–Trinajstić information content (AvgIpc) is 2.56. The lowest BCUT2D eigenvalue weighted by Gasteiger charge is -2.37. The Bertz CT molecular complexity index is 679. The quantitative estimate of drug-likeness (QED) is 0.643. The number of benzene rings is 1. The van der Waals surface area contributed by atoms with Crippen LogP contribution in [0.15, 0.2) is 42.5 Å². The second-order valence-corrected chi connectivity index (χ2v) is 7.23. The van der Waals surface area contributed by atoms with Gasteiger partial charge in [0.25, 0.3) is 0 Å². The van der Waals surface area contributed by atoms with Gasteiger partial charge in [-0.2, -0.15) is 0 Å². The van der Waals surface area contributed by atoms with E-state index >= 15 is 0 Å². The van der Waals surface area contributed by atoms with Crippen molar-refractivity contribution in [1.82, 2.24) is 9.88 Å². The summed E-state index contributed by atoms with van der Waals surface area (Å²) in [6, 6.07) is 13.3. The van der Waals surface area contributed by atoms with Gasteiger partial charge in [0.05, 0.1) is 11.4 Å². The van der Waals surface area contributed by atoms with Crippen LogP contribution in [0.2, 0.25) is 0 Å². The molecule has 1 heterocycles. The molecule has 0 aliphatic carbocycles. The van der Waals surface area contributed by atoms with Crippen molar-refractivity contribution in [1.29, 1.82) is 0 Å². The van der Waals surface area contributed by atoms with Crippen LogP contribution in [0.25, 0.3) is 0 Å². The summed E-state index contributed by atoms with van der Waals surface area (Å²) in [7, 11) is 0. The van der Waals surface area contributed by atoms with E-state index in [1.54, 1.807) is 6.07 Å². The number of halogens is 2. The van der Waals surface area contributed by atoms with Gasteiger partial charge in [-0.25, -0.2) is 0 Å². The van der Waals surface area contributed by atoms with Crippen molar-refractivity contribution < 1.29 is 15.3 Å². The highest BCUT2D eigenvalue weighted by molar-refractivity contribution is 5.85. The Hall–Kier alpha value is -1.37. The van der Waals surface area contributed by atoms with Gasteiger partial charge >= 0.3 is 0 Å². The highest BCUT2D eigenvalue weighted by atomic mass is 35.5. The number of hydrogen-bond acceptors (Lipinski definition) is 5. The van der Waals surface area contributed by atoms with Crippen LogP contribution in [0.5, 0.6) is 5.75 Å². The molecule has 3 N–H and O–H groups in total. The van der Waals surface area contributed by atoms with Crippen LogP contribution in [0.1, 0.15) is 43.8 Å². The molecule has 0 amide bonds. The van der Waals surface area contributed by atoms with Crippen LogP contribution in [0.4, 0.5) is 0 Å². The molecule has 0 radical (unpaired) electrons. The smallest absolute Gasteiger partial charge is 0.137 e. The lowest BCUT2D eigenvalue weighted by Crippen LogP contribution is -2.43. The summed E-state index contributed by atoms with van der Waals surface area (Å²) in [5, 5.41) is 29.5. The molecule has 0 spiro atoms. The van der Waals surface area contributed by atoms with Crippen molar-refractivity contribution >= 4 is 24.8 Å². The Morgan fingerprint density at radius 1 is 1.04 bits per heavy atom. The van der Waals surface area contributed by atoms with E-state index < -0.39 is 6.10 Å². The zero-order valence-corrected chi connectivity index (χ0v) is 17.6. The molecule has 1 aromatic carbocycles. The molecule has 27 heavy (non-hydrogen) atoms. The monoisotopic (exact) mass is 416 g/mol. The first-order valence-corrected chi connectivity index (χ1v) is 8.58. The standard InChI is InChI=1S/C20H28N2O3.2ClH/c1-20(2,3)22(13-15-7-5-4-6-8-15)14-19(25)16-9-10-18(24)17(21-16)11-12-23;;/h4-10,19,23-25H,11-14H2,1-3H3;2*1H. The zero-order chi connectivity index (χ0) is 18.4. The van der Waals surface area contributed by atoms with Gasteiger partial charge < -0.3 is 15.3 Å². The van der Waals surface area contributed by atoms with E-state index in [0.29, 0.717) is 17.9 Å². The second-order valence-electron chi connectivity index (χ2n) is 7.23. The summed E-state index contributed by atoms with van der Waals surface area (Å²) < 4.78 is 0. The van der Waals surface area contributed by atoms with Gasteiger partial charge in [0.2, 0.25) is 0 Å².